The third kappa shape index (κ3) is 6.09. The zero-order chi connectivity index (χ0) is 48.4. The number of aromatic nitrogens is 2. The Morgan fingerprint density at radius 2 is 1.07 bits per heavy atom. The predicted octanol–water partition coefficient (Wildman–Crippen LogP) is 14.6. The highest BCUT2D eigenvalue weighted by Gasteiger charge is 2.42. The molecule has 9 aromatic carbocycles. The average molecular weight is 935 g/mol. The van der Waals surface area contributed by atoms with Gasteiger partial charge in [0.05, 0.1) is 34.2 Å². The molecule has 15 rings (SSSR count). The van der Waals surface area contributed by atoms with Crippen molar-refractivity contribution in [3.8, 4) is 5.69 Å². The lowest BCUT2D eigenvalue weighted by Crippen LogP contribution is -2.38. The fraction of sp³-hybridized carbons (Fsp3) is 0.0588. The van der Waals surface area contributed by atoms with Crippen LogP contribution < -0.4 is 24.8 Å². The summed E-state index contributed by atoms with van der Waals surface area (Å²) in [5, 5.41) is 9.22. The lowest BCUT2D eigenvalue weighted by molar-refractivity contribution is 0.631. The summed E-state index contributed by atoms with van der Waals surface area (Å²) in [7, 11) is 0. The van der Waals surface area contributed by atoms with Crippen LogP contribution in [-0.4, -0.2) is 15.3 Å². The van der Waals surface area contributed by atoms with Gasteiger partial charge in [0, 0.05) is 68.1 Å². The minimum atomic E-state index is -0.327. The molecule has 0 radical (unpaired) electrons. The Balaban J connectivity index is 1.17. The van der Waals surface area contributed by atoms with E-state index in [0.29, 0.717) is 6.42 Å². The van der Waals surface area contributed by atoms with Gasteiger partial charge in [-0.1, -0.05) is 147 Å². The third-order valence-electron chi connectivity index (χ3n) is 15.8. The SMILES string of the molecule is CC1(C)c2ccccc2N(c2ccccc2)c2cc3c(cc21)=c1ncccc1=C1CC2=[N+](c4ccccc4)c4ccccc4N(c4ccccc4)C2=CC1=c1ccc(-n2c4ccccc4c4ccccc42)cc1=3. The highest BCUT2D eigenvalue weighted by molar-refractivity contribution is 6.22. The zero-order valence-corrected chi connectivity index (χ0v) is 40.5. The summed E-state index contributed by atoms with van der Waals surface area (Å²) < 4.78 is 4.95. The monoisotopic (exact) mass is 934 g/mol. The van der Waals surface area contributed by atoms with Gasteiger partial charge >= 0.3 is 0 Å². The van der Waals surface area contributed by atoms with Gasteiger partial charge in [0.1, 0.15) is 11.4 Å². The quantitative estimate of drug-likeness (QED) is 0.165. The Morgan fingerprint density at radius 1 is 0.452 bits per heavy atom. The van der Waals surface area contributed by atoms with Gasteiger partial charge < -0.3 is 9.47 Å². The number of nitrogens with zero attached hydrogens (tertiary/aromatic N) is 5. The third-order valence-corrected chi connectivity index (χ3v) is 15.8. The van der Waals surface area contributed by atoms with Gasteiger partial charge in [-0.3, -0.25) is 9.88 Å². The van der Waals surface area contributed by atoms with E-state index in [9.17, 15) is 0 Å². The minimum absolute atomic E-state index is 0.327. The molecule has 5 nitrogen and oxygen atoms in total. The van der Waals surface area contributed by atoms with Crippen LogP contribution >= 0.6 is 0 Å². The Hall–Kier alpha value is -9.32. The number of anilines is 5. The minimum Gasteiger partial charge on any atom is -0.310 e. The van der Waals surface area contributed by atoms with E-state index in [2.05, 4.69) is 269 Å². The van der Waals surface area contributed by atoms with E-state index < -0.39 is 0 Å². The molecule has 73 heavy (non-hydrogen) atoms. The summed E-state index contributed by atoms with van der Waals surface area (Å²) in [6.07, 6.45) is 5.14. The van der Waals surface area contributed by atoms with Gasteiger partial charge in [-0.2, -0.15) is 4.58 Å². The first-order chi connectivity index (χ1) is 36.0. The van der Waals surface area contributed by atoms with Crippen molar-refractivity contribution in [2.24, 2.45) is 0 Å². The second kappa shape index (κ2) is 15.8. The topological polar surface area (TPSA) is 27.3 Å². The zero-order valence-electron chi connectivity index (χ0n) is 40.5. The van der Waals surface area contributed by atoms with Crippen LogP contribution in [-0.2, 0) is 5.41 Å². The van der Waals surface area contributed by atoms with Crippen LogP contribution in [0.3, 0.4) is 0 Å². The summed E-state index contributed by atoms with van der Waals surface area (Å²) in [5.41, 5.74) is 18.5. The molecule has 0 amide bonds. The van der Waals surface area contributed by atoms with Crippen molar-refractivity contribution < 1.29 is 0 Å². The largest absolute Gasteiger partial charge is 0.310 e. The van der Waals surface area contributed by atoms with Crippen LogP contribution in [0.4, 0.5) is 39.8 Å². The molecule has 344 valence electrons. The molecule has 0 atom stereocenters. The van der Waals surface area contributed by atoms with Crippen LogP contribution in [0, 0.1) is 21.0 Å². The Labute approximate surface area is 422 Å². The lowest BCUT2D eigenvalue weighted by atomic mass is 9.73. The molecular formula is C68H48N5+. The number of pyridine rings is 1. The van der Waals surface area contributed by atoms with Crippen molar-refractivity contribution in [3.05, 3.63) is 291 Å². The van der Waals surface area contributed by atoms with E-state index >= 15 is 0 Å². The fourth-order valence-corrected chi connectivity index (χ4v) is 12.6. The molecule has 0 spiro atoms. The smallest absolute Gasteiger partial charge is 0.235 e. The maximum atomic E-state index is 5.47. The van der Waals surface area contributed by atoms with Crippen molar-refractivity contribution in [2.45, 2.75) is 25.7 Å². The fourth-order valence-electron chi connectivity index (χ4n) is 12.6. The molecule has 0 saturated heterocycles. The molecule has 0 saturated carbocycles. The van der Waals surface area contributed by atoms with Gasteiger partial charge in [-0.15, -0.1) is 0 Å². The molecule has 0 fully saturated rings. The van der Waals surface area contributed by atoms with Crippen LogP contribution in [0.25, 0.3) is 38.6 Å². The van der Waals surface area contributed by atoms with Crippen molar-refractivity contribution in [2.75, 3.05) is 9.80 Å². The van der Waals surface area contributed by atoms with Crippen molar-refractivity contribution in [1.82, 2.24) is 14.1 Å². The number of fused-ring (bicyclic) bond motifs is 11. The predicted molar refractivity (Wildman–Crippen MR) is 300 cm³/mol. The van der Waals surface area contributed by atoms with Crippen LogP contribution in [0.2, 0.25) is 0 Å². The lowest BCUT2D eigenvalue weighted by Gasteiger charge is -2.42. The highest BCUT2D eigenvalue weighted by Crippen LogP contribution is 2.52. The van der Waals surface area contributed by atoms with E-state index in [0.717, 1.165) is 66.0 Å². The van der Waals surface area contributed by atoms with Gasteiger partial charge in [0.25, 0.3) is 0 Å². The van der Waals surface area contributed by atoms with Crippen LogP contribution in [0.15, 0.2) is 248 Å². The molecule has 11 aromatic rings. The summed E-state index contributed by atoms with van der Waals surface area (Å²) in [4.78, 5) is 10.4. The number of para-hydroxylation sites is 8. The number of hydrogen-bond acceptors (Lipinski definition) is 3. The molecule has 2 aromatic heterocycles. The van der Waals surface area contributed by atoms with Gasteiger partial charge in [-0.05, 0) is 123 Å². The molecule has 5 heteroatoms. The van der Waals surface area contributed by atoms with Gasteiger partial charge in [-0.25, -0.2) is 0 Å². The van der Waals surface area contributed by atoms with E-state index in [-0.39, 0.29) is 5.41 Å². The molecular weight excluding hydrogens is 887 g/mol. The van der Waals surface area contributed by atoms with Crippen LogP contribution in [0.1, 0.15) is 31.4 Å². The van der Waals surface area contributed by atoms with E-state index in [1.54, 1.807) is 0 Å². The Kier molecular flexibility index (Phi) is 9.00. The van der Waals surface area contributed by atoms with Crippen molar-refractivity contribution in [3.63, 3.8) is 0 Å². The highest BCUT2D eigenvalue weighted by atomic mass is 15.2. The maximum absolute atomic E-state index is 5.47. The maximum Gasteiger partial charge on any atom is 0.235 e. The number of rotatable bonds is 4. The van der Waals surface area contributed by atoms with Crippen LogP contribution in [0.5, 0.6) is 0 Å². The van der Waals surface area contributed by atoms with E-state index in [1.165, 1.54) is 66.4 Å². The molecule has 0 bridgehead atoms. The Bertz CT molecular complexity index is 4500. The molecule has 2 aliphatic carbocycles. The standard InChI is InChI=1S/C68H48N5/c1-68(2)57-30-14-17-33-61(57)70(44-21-6-3-7-22-44)64-41-55-52-39-47(73-59-31-15-12-27-49(59)50-28-13-16-32-60(50)73)36-37-48(52)53-42-65-66(43-54(53)51-29-20-38-69-67(51)56(55)40-58(64)68)72(46-25-10-5-11-26-46)63-35-19-18-34-62(63)71(65)45-23-8-4-9-24-45/h3-42H,43H2,1-2H3/q+1. The first-order valence-electron chi connectivity index (χ1n) is 25.3. The average Bonchev–Trinajstić information content (AvgIpc) is 3.79. The number of allylic oxidation sites excluding steroid dienone is 2. The molecule has 4 aliphatic rings. The summed E-state index contributed by atoms with van der Waals surface area (Å²) in [5.74, 6) is 0. The first kappa shape index (κ1) is 41.5. The second-order valence-corrected chi connectivity index (χ2v) is 20.1. The van der Waals surface area contributed by atoms with Gasteiger partial charge in [0.2, 0.25) is 17.1 Å². The molecule has 4 heterocycles. The normalized spacial score (nSPS) is 15.0. The van der Waals surface area contributed by atoms with Crippen molar-refractivity contribution in [1.29, 1.82) is 0 Å². The number of benzene rings is 9. The van der Waals surface area contributed by atoms with E-state index in [1.807, 2.05) is 6.20 Å². The summed E-state index contributed by atoms with van der Waals surface area (Å²) in [6, 6.07) is 84.7. The summed E-state index contributed by atoms with van der Waals surface area (Å²) in [6.45, 7) is 4.77. The number of hydrogen-bond donors (Lipinski definition) is 0. The Morgan fingerprint density at radius 3 is 1.81 bits per heavy atom. The molecule has 0 N–H and O–H groups in total. The molecule has 0 unspecified atom stereocenters. The first-order valence-corrected chi connectivity index (χ1v) is 25.3. The van der Waals surface area contributed by atoms with E-state index in [4.69, 9.17) is 4.98 Å². The second-order valence-electron chi connectivity index (χ2n) is 20.1. The summed E-state index contributed by atoms with van der Waals surface area (Å²) >= 11 is 0. The van der Waals surface area contributed by atoms with Gasteiger partial charge in [0.15, 0.2) is 0 Å². The van der Waals surface area contributed by atoms with Crippen molar-refractivity contribution >= 4 is 78.5 Å². The molecule has 2 aliphatic heterocycles.